The van der Waals surface area contributed by atoms with Gasteiger partial charge in [-0.05, 0) is 62.4 Å². The van der Waals surface area contributed by atoms with E-state index in [9.17, 15) is 9.59 Å². The molecule has 120 valence electrons. The van der Waals surface area contributed by atoms with Crippen LogP contribution >= 0.6 is 11.6 Å². The zero-order valence-electron chi connectivity index (χ0n) is 13.1. The normalized spacial score (nSPS) is 10.2. The van der Waals surface area contributed by atoms with Crippen LogP contribution in [0.4, 0.5) is 0 Å². The molecule has 0 bridgehead atoms. The molecule has 0 spiro atoms. The largest absolute Gasteiger partial charge is 0.423 e. The van der Waals surface area contributed by atoms with Gasteiger partial charge in [0.25, 0.3) is 5.91 Å². The monoisotopic (exact) mass is 331 g/mol. The summed E-state index contributed by atoms with van der Waals surface area (Å²) in [6.07, 6.45) is 0. The van der Waals surface area contributed by atoms with Crippen LogP contribution in [-0.2, 0) is 0 Å². The van der Waals surface area contributed by atoms with Gasteiger partial charge in [0.2, 0.25) is 0 Å². The van der Waals surface area contributed by atoms with Gasteiger partial charge in [0.05, 0.1) is 5.56 Å². The van der Waals surface area contributed by atoms with E-state index in [1.54, 1.807) is 53.4 Å². The number of ether oxygens (including phenoxy) is 1. The summed E-state index contributed by atoms with van der Waals surface area (Å²) in [4.78, 5) is 26.0. The van der Waals surface area contributed by atoms with Gasteiger partial charge in [-0.3, -0.25) is 4.79 Å². The zero-order valence-corrected chi connectivity index (χ0v) is 13.8. The molecule has 0 aliphatic carbocycles. The number of hydrogen-bond donors (Lipinski definition) is 0. The van der Waals surface area contributed by atoms with Gasteiger partial charge in [0, 0.05) is 23.7 Å². The maximum atomic E-state index is 12.2. The van der Waals surface area contributed by atoms with Gasteiger partial charge in [0.15, 0.2) is 0 Å². The molecule has 0 saturated heterocycles. The number of nitrogens with zero attached hydrogens (tertiary/aromatic N) is 1. The third-order valence-corrected chi connectivity index (χ3v) is 3.69. The third kappa shape index (κ3) is 4.33. The Morgan fingerprint density at radius 3 is 1.96 bits per heavy atom. The summed E-state index contributed by atoms with van der Waals surface area (Å²) >= 11 is 5.79. The molecular formula is C18H18ClNO3. The Balaban J connectivity index is 2.08. The molecular weight excluding hydrogens is 314 g/mol. The van der Waals surface area contributed by atoms with Gasteiger partial charge in [-0.1, -0.05) is 11.6 Å². The van der Waals surface area contributed by atoms with E-state index in [0.29, 0.717) is 35.0 Å². The van der Waals surface area contributed by atoms with Crippen LogP contribution in [0.5, 0.6) is 5.75 Å². The number of carbonyl (C=O) groups excluding carboxylic acids is 2. The molecule has 2 rings (SSSR count). The van der Waals surface area contributed by atoms with Crippen LogP contribution in [0.25, 0.3) is 0 Å². The van der Waals surface area contributed by atoms with Crippen LogP contribution in [0.3, 0.4) is 0 Å². The first-order valence-electron chi connectivity index (χ1n) is 7.42. The standard InChI is InChI=1S/C18H18ClNO3/c1-3-20(4-2)17(21)13-5-7-14(8-6-13)18(22)23-16-11-9-15(19)10-12-16/h5-12H,3-4H2,1-2H3. The summed E-state index contributed by atoms with van der Waals surface area (Å²) < 4.78 is 5.25. The molecule has 0 atom stereocenters. The predicted octanol–water partition coefficient (Wildman–Crippen LogP) is 4.04. The minimum atomic E-state index is -0.478. The number of hydrogen-bond acceptors (Lipinski definition) is 3. The molecule has 0 saturated carbocycles. The zero-order chi connectivity index (χ0) is 16.8. The maximum absolute atomic E-state index is 12.2. The number of benzene rings is 2. The van der Waals surface area contributed by atoms with E-state index in [1.165, 1.54) is 0 Å². The van der Waals surface area contributed by atoms with Crippen molar-refractivity contribution >= 4 is 23.5 Å². The summed E-state index contributed by atoms with van der Waals surface area (Å²) in [6, 6.07) is 13.0. The topological polar surface area (TPSA) is 46.6 Å². The van der Waals surface area contributed by atoms with Gasteiger partial charge in [-0.25, -0.2) is 4.79 Å². The van der Waals surface area contributed by atoms with Crippen molar-refractivity contribution in [1.29, 1.82) is 0 Å². The summed E-state index contributed by atoms with van der Waals surface area (Å²) in [5, 5.41) is 0.573. The van der Waals surface area contributed by atoms with Crippen molar-refractivity contribution < 1.29 is 14.3 Å². The minimum Gasteiger partial charge on any atom is -0.423 e. The second kappa shape index (κ2) is 7.79. The quantitative estimate of drug-likeness (QED) is 0.613. The molecule has 23 heavy (non-hydrogen) atoms. The molecule has 1 amide bonds. The number of rotatable bonds is 5. The van der Waals surface area contributed by atoms with Gasteiger partial charge in [-0.2, -0.15) is 0 Å². The molecule has 4 nitrogen and oxygen atoms in total. The fraction of sp³-hybridized carbons (Fsp3) is 0.222. The molecule has 0 aromatic heterocycles. The van der Waals surface area contributed by atoms with Crippen molar-refractivity contribution in [3.63, 3.8) is 0 Å². The van der Waals surface area contributed by atoms with E-state index in [0.717, 1.165) is 0 Å². The van der Waals surface area contributed by atoms with Crippen LogP contribution in [0.2, 0.25) is 5.02 Å². The van der Waals surface area contributed by atoms with E-state index < -0.39 is 5.97 Å². The summed E-state index contributed by atoms with van der Waals surface area (Å²) in [7, 11) is 0. The summed E-state index contributed by atoms with van der Waals surface area (Å²) in [5.41, 5.74) is 0.938. The molecule has 0 aliphatic heterocycles. The number of carbonyl (C=O) groups is 2. The van der Waals surface area contributed by atoms with Crippen LogP contribution in [-0.4, -0.2) is 29.9 Å². The average Bonchev–Trinajstić information content (AvgIpc) is 2.58. The maximum Gasteiger partial charge on any atom is 0.343 e. The number of amides is 1. The van der Waals surface area contributed by atoms with E-state index in [-0.39, 0.29) is 5.91 Å². The van der Waals surface area contributed by atoms with Crippen molar-refractivity contribution in [1.82, 2.24) is 4.90 Å². The predicted molar refractivity (Wildman–Crippen MR) is 90.1 cm³/mol. The van der Waals surface area contributed by atoms with Crippen molar-refractivity contribution in [2.45, 2.75) is 13.8 Å². The Hall–Kier alpha value is -2.33. The highest BCUT2D eigenvalue weighted by Crippen LogP contribution is 2.17. The Morgan fingerprint density at radius 2 is 1.43 bits per heavy atom. The molecule has 5 heteroatoms. The van der Waals surface area contributed by atoms with Gasteiger partial charge in [-0.15, -0.1) is 0 Å². The molecule has 2 aromatic rings. The fourth-order valence-corrected chi connectivity index (χ4v) is 2.24. The highest BCUT2D eigenvalue weighted by atomic mass is 35.5. The Bertz CT molecular complexity index is 676. The smallest absolute Gasteiger partial charge is 0.343 e. The second-order valence-corrected chi connectivity index (χ2v) is 5.33. The highest BCUT2D eigenvalue weighted by molar-refractivity contribution is 6.30. The highest BCUT2D eigenvalue weighted by Gasteiger charge is 2.14. The van der Waals surface area contributed by atoms with Crippen molar-refractivity contribution in [2.75, 3.05) is 13.1 Å². The lowest BCUT2D eigenvalue weighted by molar-refractivity contribution is 0.0730. The van der Waals surface area contributed by atoms with Crippen molar-refractivity contribution in [3.8, 4) is 5.75 Å². The first kappa shape index (κ1) is 17.0. The number of halogens is 1. The van der Waals surface area contributed by atoms with E-state index in [4.69, 9.17) is 16.3 Å². The molecule has 0 radical (unpaired) electrons. The Morgan fingerprint density at radius 1 is 0.913 bits per heavy atom. The van der Waals surface area contributed by atoms with Crippen LogP contribution in [0.1, 0.15) is 34.6 Å². The summed E-state index contributed by atoms with van der Waals surface area (Å²) in [5.74, 6) is -0.107. The average molecular weight is 332 g/mol. The van der Waals surface area contributed by atoms with Crippen molar-refractivity contribution in [3.05, 3.63) is 64.7 Å². The molecule has 0 aliphatic rings. The van der Waals surface area contributed by atoms with E-state index >= 15 is 0 Å². The molecule has 0 N–H and O–H groups in total. The Labute approximate surface area is 140 Å². The van der Waals surface area contributed by atoms with Gasteiger partial charge < -0.3 is 9.64 Å². The lowest BCUT2D eigenvalue weighted by Crippen LogP contribution is -2.30. The fourth-order valence-electron chi connectivity index (χ4n) is 2.11. The van der Waals surface area contributed by atoms with E-state index in [1.807, 2.05) is 13.8 Å². The first-order chi connectivity index (χ1) is 11.0. The molecule has 2 aromatic carbocycles. The minimum absolute atomic E-state index is 0.0485. The van der Waals surface area contributed by atoms with Crippen LogP contribution in [0.15, 0.2) is 48.5 Å². The van der Waals surface area contributed by atoms with Gasteiger partial charge in [0.1, 0.15) is 5.75 Å². The van der Waals surface area contributed by atoms with Crippen LogP contribution < -0.4 is 4.74 Å². The van der Waals surface area contributed by atoms with Gasteiger partial charge >= 0.3 is 5.97 Å². The molecule has 0 unspecified atom stereocenters. The first-order valence-corrected chi connectivity index (χ1v) is 7.80. The lowest BCUT2D eigenvalue weighted by atomic mass is 10.1. The summed E-state index contributed by atoms with van der Waals surface area (Å²) in [6.45, 7) is 5.16. The molecule has 0 heterocycles. The SMILES string of the molecule is CCN(CC)C(=O)c1ccc(C(=O)Oc2ccc(Cl)cc2)cc1. The van der Waals surface area contributed by atoms with Crippen molar-refractivity contribution in [2.24, 2.45) is 0 Å². The molecule has 0 fully saturated rings. The lowest BCUT2D eigenvalue weighted by Gasteiger charge is -2.18. The number of esters is 1. The third-order valence-electron chi connectivity index (χ3n) is 3.44. The van der Waals surface area contributed by atoms with Crippen LogP contribution in [0, 0.1) is 0 Å². The second-order valence-electron chi connectivity index (χ2n) is 4.90. The Kier molecular flexibility index (Phi) is 5.77. The van der Waals surface area contributed by atoms with E-state index in [2.05, 4.69) is 0 Å².